The molecular weight excluding hydrogens is 354 g/mol. The van der Waals surface area contributed by atoms with Crippen molar-refractivity contribution in [2.24, 2.45) is 0 Å². The van der Waals surface area contributed by atoms with Crippen LogP contribution in [0.3, 0.4) is 0 Å². The summed E-state index contributed by atoms with van der Waals surface area (Å²) < 4.78 is 7.72. The first-order chi connectivity index (χ1) is 13.4. The third kappa shape index (κ3) is 4.38. The van der Waals surface area contributed by atoms with Crippen LogP contribution in [-0.4, -0.2) is 75.9 Å². The van der Waals surface area contributed by atoms with Crippen LogP contribution in [0.25, 0.3) is 11.2 Å². The maximum atomic E-state index is 5.51. The van der Waals surface area contributed by atoms with E-state index in [9.17, 15) is 0 Å². The van der Waals surface area contributed by atoms with E-state index in [-0.39, 0.29) is 6.04 Å². The van der Waals surface area contributed by atoms with E-state index in [2.05, 4.69) is 71.2 Å². The van der Waals surface area contributed by atoms with Crippen molar-refractivity contribution in [2.75, 3.05) is 49.6 Å². The van der Waals surface area contributed by atoms with Gasteiger partial charge in [-0.15, -0.1) is 0 Å². The SMILES string of the molecule is CC(C)N(CCNc1ncnc2c1nc(N1CCOCC1)n2C(C)C)C(C)C. The highest BCUT2D eigenvalue weighted by Crippen LogP contribution is 2.29. The highest BCUT2D eigenvalue weighted by molar-refractivity contribution is 5.85. The lowest BCUT2D eigenvalue weighted by molar-refractivity contribution is 0.121. The minimum Gasteiger partial charge on any atom is -0.378 e. The van der Waals surface area contributed by atoms with E-state index in [1.807, 2.05) is 0 Å². The largest absolute Gasteiger partial charge is 0.378 e. The number of hydrogen-bond donors (Lipinski definition) is 1. The summed E-state index contributed by atoms with van der Waals surface area (Å²) >= 11 is 0. The molecule has 2 aromatic rings. The molecule has 0 atom stereocenters. The smallest absolute Gasteiger partial charge is 0.208 e. The number of hydrogen-bond acceptors (Lipinski definition) is 7. The summed E-state index contributed by atoms with van der Waals surface area (Å²) in [6.07, 6.45) is 1.64. The van der Waals surface area contributed by atoms with Gasteiger partial charge in [-0.3, -0.25) is 9.47 Å². The van der Waals surface area contributed by atoms with Crippen LogP contribution >= 0.6 is 0 Å². The third-order valence-electron chi connectivity index (χ3n) is 5.26. The predicted molar refractivity (Wildman–Crippen MR) is 114 cm³/mol. The van der Waals surface area contributed by atoms with Gasteiger partial charge in [-0.2, -0.15) is 0 Å². The van der Waals surface area contributed by atoms with E-state index in [1.54, 1.807) is 6.33 Å². The van der Waals surface area contributed by atoms with Gasteiger partial charge in [-0.25, -0.2) is 15.0 Å². The molecule has 8 nitrogen and oxygen atoms in total. The van der Waals surface area contributed by atoms with E-state index >= 15 is 0 Å². The fourth-order valence-corrected chi connectivity index (χ4v) is 3.90. The van der Waals surface area contributed by atoms with E-state index in [0.29, 0.717) is 12.1 Å². The molecule has 3 heterocycles. The summed E-state index contributed by atoms with van der Waals surface area (Å²) in [4.78, 5) is 18.8. The predicted octanol–water partition coefficient (Wildman–Crippen LogP) is 2.77. The number of imidazole rings is 1. The van der Waals surface area contributed by atoms with Gasteiger partial charge in [0.1, 0.15) is 6.33 Å². The Morgan fingerprint density at radius 2 is 1.75 bits per heavy atom. The van der Waals surface area contributed by atoms with Crippen LogP contribution in [0.1, 0.15) is 47.6 Å². The van der Waals surface area contributed by atoms with E-state index in [1.165, 1.54) is 0 Å². The lowest BCUT2D eigenvalue weighted by atomic mass is 10.2. The topological polar surface area (TPSA) is 71.3 Å². The second-order valence-electron chi connectivity index (χ2n) is 8.22. The van der Waals surface area contributed by atoms with Gasteiger partial charge in [0.05, 0.1) is 13.2 Å². The molecule has 0 amide bonds. The molecule has 1 aliphatic heterocycles. The minimum atomic E-state index is 0.267. The molecule has 0 spiro atoms. The summed E-state index contributed by atoms with van der Waals surface area (Å²) in [6, 6.07) is 1.29. The molecule has 3 rings (SSSR count). The highest BCUT2D eigenvalue weighted by atomic mass is 16.5. The van der Waals surface area contributed by atoms with E-state index < -0.39 is 0 Å². The standard InChI is InChI=1S/C20H35N7O/c1-14(2)26(15(3)4)8-7-21-18-17-19(23-13-22-18)27(16(5)6)20(24-17)25-9-11-28-12-10-25/h13-16H,7-12H2,1-6H3,(H,21,22,23). The Labute approximate surface area is 168 Å². The molecule has 0 bridgehead atoms. The van der Waals surface area contributed by atoms with Gasteiger partial charge >= 0.3 is 0 Å². The zero-order valence-electron chi connectivity index (χ0n) is 18.1. The number of nitrogens with one attached hydrogen (secondary N) is 1. The zero-order valence-corrected chi connectivity index (χ0v) is 18.1. The molecule has 8 heteroatoms. The second kappa shape index (κ2) is 9.05. The van der Waals surface area contributed by atoms with Gasteiger partial charge in [-0.05, 0) is 41.5 Å². The van der Waals surface area contributed by atoms with Crippen molar-refractivity contribution in [1.82, 2.24) is 24.4 Å². The number of anilines is 2. The molecule has 28 heavy (non-hydrogen) atoms. The summed E-state index contributed by atoms with van der Waals surface area (Å²) in [6.45, 7) is 18.2. The summed E-state index contributed by atoms with van der Waals surface area (Å²) in [5.74, 6) is 1.77. The Balaban J connectivity index is 1.85. The van der Waals surface area contributed by atoms with Gasteiger partial charge < -0.3 is 15.0 Å². The Morgan fingerprint density at radius 3 is 2.36 bits per heavy atom. The van der Waals surface area contributed by atoms with Crippen molar-refractivity contribution in [3.63, 3.8) is 0 Å². The van der Waals surface area contributed by atoms with Crippen LogP contribution in [0.4, 0.5) is 11.8 Å². The van der Waals surface area contributed by atoms with Gasteiger partial charge in [0.15, 0.2) is 17.0 Å². The Morgan fingerprint density at radius 1 is 1.07 bits per heavy atom. The molecule has 0 aromatic carbocycles. The van der Waals surface area contributed by atoms with Crippen molar-refractivity contribution >= 4 is 22.9 Å². The molecule has 0 saturated carbocycles. The molecule has 0 aliphatic carbocycles. The normalized spacial score (nSPS) is 15.6. The number of ether oxygens (including phenoxy) is 1. The minimum absolute atomic E-state index is 0.267. The first-order valence-electron chi connectivity index (χ1n) is 10.4. The number of morpholine rings is 1. The average Bonchev–Trinajstić information content (AvgIpc) is 3.06. The van der Waals surface area contributed by atoms with Gasteiger partial charge in [0.2, 0.25) is 5.95 Å². The maximum absolute atomic E-state index is 5.51. The highest BCUT2D eigenvalue weighted by Gasteiger charge is 2.23. The summed E-state index contributed by atoms with van der Waals surface area (Å²) in [5.41, 5.74) is 1.73. The van der Waals surface area contributed by atoms with Crippen LogP contribution < -0.4 is 10.2 Å². The van der Waals surface area contributed by atoms with Crippen molar-refractivity contribution in [3.8, 4) is 0 Å². The Bertz CT molecular complexity index is 757. The van der Waals surface area contributed by atoms with Crippen molar-refractivity contribution in [2.45, 2.75) is 59.7 Å². The van der Waals surface area contributed by atoms with Crippen molar-refractivity contribution < 1.29 is 4.74 Å². The summed E-state index contributed by atoms with van der Waals surface area (Å²) in [7, 11) is 0. The lowest BCUT2D eigenvalue weighted by Crippen LogP contribution is -2.40. The molecule has 2 aromatic heterocycles. The molecule has 1 fully saturated rings. The molecule has 0 unspecified atom stereocenters. The van der Waals surface area contributed by atoms with Crippen molar-refractivity contribution in [3.05, 3.63) is 6.33 Å². The third-order valence-corrected chi connectivity index (χ3v) is 5.26. The van der Waals surface area contributed by atoms with Crippen LogP contribution in [0.5, 0.6) is 0 Å². The monoisotopic (exact) mass is 389 g/mol. The van der Waals surface area contributed by atoms with Crippen LogP contribution in [0.15, 0.2) is 6.33 Å². The summed E-state index contributed by atoms with van der Waals surface area (Å²) in [5, 5.41) is 3.50. The second-order valence-corrected chi connectivity index (χ2v) is 8.22. The van der Waals surface area contributed by atoms with Crippen LogP contribution in [-0.2, 0) is 4.74 Å². The zero-order chi connectivity index (χ0) is 20.3. The Hall–Kier alpha value is -1.93. The molecular formula is C20H35N7O. The Kier molecular flexibility index (Phi) is 6.72. The molecule has 1 saturated heterocycles. The lowest BCUT2D eigenvalue weighted by Gasteiger charge is -2.30. The molecule has 0 radical (unpaired) electrons. The van der Waals surface area contributed by atoms with E-state index in [0.717, 1.165) is 62.3 Å². The van der Waals surface area contributed by atoms with Gasteiger partial charge in [-0.1, -0.05) is 0 Å². The molecule has 1 N–H and O–H groups in total. The van der Waals surface area contributed by atoms with E-state index in [4.69, 9.17) is 9.72 Å². The van der Waals surface area contributed by atoms with Crippen LogP contribution in [0.2, 0.25) is 0 Å². The molecule has 156 valence electrons. The van der Waals surface area contributed by atoms with Crippen molar-refractivity contribution in [1.29, 1.82) is 0 Å². The number of nitrogens with zero attached hydrogens (tertiary/aromatic N) is 6. The quantitative estimate of drug-likeness (QED) is 0.744. The number of fused-ring (bicyclic) bond motifs is 1. The maximum Gasteiger partial charge on any atom is 0.208 e. The fraction of sp³-hybridized carbons (Fsp3) is 0.750. The van der Waals surface area contributed by atoms with Crippen LogP contribution in [0, 0.1) is 0 Å². The molecule has 1 aliphatic rings. The fourth-order valence-electron chi connectivity index (χ4n) is 3.90. The average molecular weight is 390 g/mol. The first kappa shape index (κ1) is 20.8. The first-order valence-corrected chi connectivity index (χ1v) is 10.4. The number of aromatic nitrogens is 4. The van der Waals surface area contributed by atoms with Gasteiger partial charge in [0.25, 0.3) is 0 Å². The van der Waals surface area contributed by atoms with Gasteiger partial charge in [0, 0.05) is 44.3 Å². The number of rotatable bonds is 8.